The van der Waals surface area contributed by atoms with Gasteiger partial charge < -0.3 is 15.4 Å². The highest BCUT2D eigenvalue weighted by Crippen LogP contribution is 2.33. The summed E-state index contributed by atoms with van der Waals surface area (Å²) in [6.07, 6.45) is 7.77. The minimum absolute atomic E-state index is 0.0315. The van der Waals surface area contributed by atoms with Crippen molar-refractivity contribution in [1.82, 2.24) is 0 Å². The van der Waals surface area contributed by atoms with Gasteiger partial charge in [-0.25, -0.2) is 0 Å². The van der Waals surface area contributed by atoms with Crippen LogP contribution in [0, 0.1) is 0 Å². The minimum atomic E-state index is -0.238. The van der Waals surface area contributed by atoms with Crippen molar-refractivity contribution < 1.29 is 14.3 Å². The summed E-state index contributed by atoms with van der Waals surface area (Å²) < 4.78 is 5.63. The number of ether oxygens (including phenoxy) is 1. The number of benzene rings is 2. The third-order valence-corrected chi connectivity index (χ3v) is 5.23. The molecule has 154 valence electrons. The summed E-state index contributed by atoms with van der Waals surface area (Å²) in [7, 11) is 0. The van der Waals surface area contributed by atoms with E-state index in [1.807, 2.05) is 19.1 Å². The van der Waals surface area contributed by atoms with Gasteiger partial charge in [0.05, 0.1) is 0 Å². The highest BCUT2D eigenvalue weighted by Gasteiger charge is 2.15. The molecule has 0 unspecified atom stereocenters. The Labute approximate surface area is 172 Å². The summed E-state index contributed by atoms with van der Waals surface area (Å²) in [5.41, 5.74) is 2.66. The molecule has 1 aliphatic carbocycles. The van der Waals surface area contributed by atoms with E-state index in [0.29, 0.717) is 29.5 Å². The van der Waals surface area contributed by atoms with Gasteiger partial charge in [0.25, 0.3) is 5.91 Å². The second-order valence-electron chi connectivity index (χ2n) is 7.62. The van der Waals surface area contributed by atoms with E-state index in [-0.39, 0.29) is 18.4 Å². The van der Waals surface area contributed by atoms with Crippen LogP contribution in [0.4, 0.5) is 11.4 Å². The summed E-state index contributed by atoms with van der Waals surface area (Å²) in [5.74, 6) is 1.08. The van der Waals surface area contributed by atoms with Gasteiger partial charge in [0, 0.05) is 17.8 Å². The average Bonchev–Trinajstić information content (AvgIpc) is 2.74. The largest absolute Gasteiger partial charge is 0.484 e. The Kier molecular flexibility index (Phi) is 7.68. The zero-order chi connectivity index (χ0) is 20.5. The Morgan fingerprint density at radius 1 is 0.931 bits per heavy atom. The fourth-order valence-electron chi connectivity index (χ4n) is 3.74. The van der Waals surface area contributed by atoms with Crippen molar-refractivity contribution in [2.24, 2.45) is 0 Å². The molecule has 5 nitrogen and oxygen atoms in total. The third-order valence-electron chi connectivity index (χ3n) is 5.23. The van der Waals surface area contributed by atoms with Crippen LogP contribution in [0.15, 0.2) is 48.5 Å². The molecule has 2 aromatic carbocycles. The molecule has 1 fully saturated rings. The first kappa shape index (κ1) is 20.9. The van der Waals surface area contributed by atoms with E-state index in [9.17, 15) is 9.59 Å². The van der Waals surface area contributed by atoms with E-state index in [1.54, 1.807) is 24.3 Å². The molecule has 0 saturated heterocycles. The van der Waals surface area contributed by atoms with Crippen LogP contribution >= 0.6 is 0 Å². The Hall–Kier alpha value is -2.82. The maximum Gasteiger partial charge on any atom is 0.262 e. The van der Waals surface area contributed by atoms with E-state index in [1.165, 1.54) is 37.7 Å². The Morgan fingerprint density at radius 3 is 2.24 bits per heavy atom. The number of rotatable bonds is 8. The predicted octanol–water partition coefficient (Wildman–Crippen LogP) is 5.49. The second kappa shape index (κ2) is 10.6. The van der Waals surface area contributed by atoms with Crippen LogP contribution in [-0.2, 0) is 9.59 Å². The van der Waals surface area contributed by atoms with Crippen molar-refractivity contribution >= 4 is 23.2 Å². The van der Waals surface area contributed by atoms with Crippen LogP contribution in [0.1, 0.15) is 63.4 Å². The molecule has 2 aromatic rings. The molecule has 2 N–H and O–H groups in total. The van der Waals surface area contributed by atoms with E-state index >= 15 is 0 Å². The van der Waals surface area contributed by atoms with Gasteiger partial charge in [0.15, 0.2) is 6.61 Å². The second-order valence-corrected chi connectivity index (χ2v) is 7.62. The average molecular weight is 395 g/mol. The van der Waals surface area contributed by atoms with E-state index in [4.69, 9.17) is 4.74 Å². The van der Waals surface area contributed by atoms with Gasteiger partial charge in [-0.3, -0.25) is 9.59 Å². The molecule has 29 heavy (non-hydrogen) atoms. The van der Waals surface area contributed by atoms with Gasteiger partial charge >= 0.3 is 0 Å². The van der Waals surface area contributed by atoms with Gasteiger partial charge in [-0.05, 0) is 61.1 Å². The number of anilines is 2. The number of hydrogen-bond donors (Lipinski definition) is 2. The minimum Gasteiger partial charge on any atom is -0.484 e. The summed E-state index contributed by atoms with van der Waals surface area (Å²) >= 11 is 0. The van der Waals surface area contributed by atoms with Gasteiger partial charge in [-0.15, -0.1) is 0 Å². The SMILES string of the molecule is CCCC(=O)Nc1cccc(NC(=O)COc2ccc(C3CCCCC3)cc2)c1. The lowest BCUT2D eigenvalue weighted by Crippen LogP contribution is -2.20. The number of carbonyl (C=O) groups excluding carboxylic acids is 2. The molecule has 3 rings (SSSR count). The van der Waals surface area contributed by atoms with E-state index in [2.05, 4.69) is 22.8 Å². The smallest absolute Gasteiger partial charge is 0.262 e. The topological polar surface area (TPSA) is 67.4 Å². The van der Waals surface area contributed by atoms with Gasteiger partial charge in [0.2, 0.25) is 5.91 Å². The third kappa shape index (κ3) is 6.63. The highest BCUT2D eigenvalue weighted by atomic mass is 16.5. The standard InChI is InChI=1S/C24H30N2O3/c1-2-7-23(27)25-20-10-6-11-21(16-20)26-24(28)17-29-22-14-12-19(13-15-22)18-8-4-3-5-9-18/h6,10-16,18H,2-5,7-9,17H2,1H3,(H,25,27)(H,26,28). The van der Waals surface area contributed by atoms with E-state index in [0.717, 1.165) is 6.42 Å². The van der Waals surface area contributed by atoms with Crippen molar-refractivity contribution in [2.45, 2.75) is 57.8 Å². The van der Waals surface area contributed by atoms with Crippen molar-refractivity contribution in [3.63, 3.8) is 0 Å². The van der Waals surface area contributed by atoms with Crippen LogP contribution in [-0.4, -0.2) is 18.4 Å². The molecule has 1 aliphatic rings. The normalized spacial score (nSPS) is 14.2. The quantitative estimate of drug-likeness (QED) is 0.622. The summed E-state index contributed by atoms with van der Waals surface area (Å²) in [4.78, 5) is 23.9. The molecule has 0 radical (unpaired) electrons. The predicted molar refractivity (Wildman–Crippen MR) is 116 cm³/mol. The van der Waals surface area contributed by atoms with Crippen molar-refractivity contribution in [3.05, 3.63) is 54.1 Å². The molecule has 0 heterocycles. The zero-order valence-corrected chi connectivity index (χ0v) is 17.1. The molecule has 2 amide bonds. The van der Waals surface area contributed by atoms with Gasteiger partial charge in [0.1, 0.15) is 5.75 Å². The zero-order valence-electron chi connectivity index (χ0n) is 17.1. The molecule has 0 spiro atoms. The first-order chi connectivity index (χ1) is 14.1. The molecule has 0 atom stereocenters. The monoisotopic (exact) mass is 394 g/mol. The van der Waals surface area contributed by atoms with E-state index < -0.39 is 0 Å². The highest BCUT2D eigenvalue weighted by molar-refractivity contribution is 5.94. The lowest BCUT2D eigenvalue weighted by atomic mass is 9.84. The first-order valence-corrected chi connectivity index (χ1v) is 10.6. The maximum atomic E-state index is 12.2. The van der Waals surface area contributed by atoms with Crippen LogP contribution in [0.2, 0.25) is 0 Å². The van der Waals surface area contributed by atoms with Crippen LogP contribution in [0.5, 0.6) is 5.75 Å². The van der Waals surface area contributed by atoms with Crippen molar-refractivity contribution in [1.29, 1.82) is 0 Å². The number of hydrogen-bond acceptors (Lipinski definition) is 3. The number of amides is 2. The van der Waals surface area contributed by atoms with Gasteiger partial charge in [-0.1, -0.05) is 44.4 Å². The number of carbonyl (C=O) groups is 2. The lowest BCUT2D eigenvalue weighted by Gasteiger charge is -2.22. The summed E-state index contributed by atoms with van der Waals surface area (Å²) in [5, 5.41) is 5.63. The van der Waals surface area contributed by atoms with Crippen molar-refractivity contribution in [2.75, 3.05) is 17.2 Å². The lowest BCUT2D eigenvalue weighted by molar-refractivity contribution is -0.118. The molecule has 5 heteroatoms. The molecule has 0 aliphatic heterocycles. The van der Waals surface area contributed by atoms with Gasteiger partial charge in [-0.2, -0.15) is 0 Å². The molecular weight excluding hydrogens is 364 g/mol. The van der Waals surface area contributed by atoms with Crippen LogP contribution in [0.3, 0.4) is 0 Å². The Balaban J connectivity index is 1.47. The van der Waals surface area contributed by atoms with Crippen LogP contribution < -0.4 is 15.4 Å². The molecule has 0 aromatic heterocycles. The number of nitrogens with one attached hydrogen (secondary N) is 2. The van der Waals surface area contributed by atoms with Crippen LogP contribution in [0.25, 0.3) is 0 Å². The summed E-state index contributed by atoms with van der Waals surface area (Å²) in [6.45, 7) is 1.90. The molecular formula is C24H30N2O3. The fourth-order valence-corrected chi connectivity index (χ4v) is 3.74. The molecule has 0 bridgehead atoms. The summed E-state index contributed by atoms with van der Waals surface area (Å²) in [6, 6.07) is 15.2. The molecule has 1 saturated carbocycles. The fraction of sp³-hybridized carbons (Fsp3) is 0.417. The Morgan fingerprint density at radius 2 is 1.59 bits per heavy atom. The van der Waals surface area contributed by atoms with Crippen molar-refractivity contribution in [3.8, 4) is 5.75 Å². The maximum absolute atomic E-state index is 12.2. The first-order valence-electron chi connectivity index (χ1n) is 10.6. The Bertz CT molecular complexity index is 811.